The van der Waals surface area contributed by atoms with E-state index in [4.69, 9.17) is 4.74 Å². The van der Waals surface area contributed by atoms with Crippen molar-refractivity contribution in [3.8, 4) is 5.75 Å². The van der Waals surface area contributed by atoms with Gasteiger partial charge in [-0.25, -0.2) is 13.6 Å². The smallest absolute Gasteiger partial charge is 0.416 e. The summed E-state index contributed by atoms with van der Waals surface area (Å²) in [6.07, 6.45) is -7.31. The predicted octanol–water partition coefficient (Wildman–Crippen LogP) is 6.60. The molecule has 192 valence electrons. The van der Waals surface area contributed by atoms with Crippen LogP contribution in [0, 0.1) is 5.41 Å². The number of rotatable bonds is 7. The molecule has 1 atom stereocenters. The summed E-state index contributed by atoms with van der Waals surface area (Å²) < 4.78 is 71.1. The van der Waals surface area contributed by atoms with Crippen LogP contribution in [0.5, 0.6) is 5.75 Å². The van der Waals surface area contributed by atoms with Crippen molar-refractivity contribution in [3.05, 3.63) is 76.9 Å². The third-order valence-electron chi connectivity index (χ3n) is 5.55. The maximum absolute atomic E-state index is 13.4. The summed E-state index contributed by atoms with van der Waals surface area (Å²) in [6, 6.07) is 9.62. The predicted molar refractivity (Wildman–Crippen MR) is 123 cm³/mol. The quantitative estimate of drug-likeness (QED) is 0.352. The molecule has 5 nitrogen and oxygen atoms in total. The van der Waals surface area contributed by atoms with Crippen molar-refractivity contribution in [2.75, 3.05) is 0 Å². The monoisotopic (exact) mass is 509 g/mol. The molecule has 0 saturated heterocycles. The number of amides is 1. The van der Waals surface area contributed by atoms with Crippen LogP contribution in [0.2, 0.25) is 0 Å². The van der Waals surface area contributed by atoms with Gasteiger partial charge in [0.15, 0.2) is 0 Å². The number of carboxylic acid groups (broad SMARTS) is 1. The lowest BCUT2D eigenvalue weighted by atomic mass is 9.86. The molecule has 0 unspecified atom stereocenters. The summed E-state index contributed by atoms with van der Waals surface area (Å²) in [6.45, 7) is 4.62. The van der Waals surface area contributed by atoms with Gasteiger partial charge in [-0.2, -0.15) is 13.2 Å². The molecule has 0 aliphatic heterocycles. The zero-order valence-electron chi connectivity index (χ0n) is 19.6. The van der Waals surface area contributed by atoms with Gasteiger partial charge in [-0.1, -0.05) is 51.1 Å². The molecule has 0 aliphatic rings. The Labute approximate surface area is 203 Å². The second-order valence-corrected chi connectivity index (χ2v) is 9.32. The average molecular weight is 509 g/mol. The van der Waals surface area contributed by atoms with Gasteiger partial charge in [0.1, 0.15) is 18.4 Å². The third kappa shape index (κ3) is 6.10. The summed E-state index contributed by atoms with van der Waals surface area (Å²) in [7, 11) is 0. The van der Waals surface area contributed by atoms with Crippen LogP contribution in [0.1, 0.15) is 54.2 Å². The number of ether oxygens (including phenoxy) is 1. The number of benzene rings is 3. The molecular weight excluding hydrogens is 485 g/mol. The van der Waals surface area contributed by atoms with Gasteiger partial charge in [0.2, 0.25) is 0 Å². The van der Waals surface area contributed by atoms with Crippen molar-refractivity contribution >= 4 is 22.6 Å². The van der Waals surface area contributed by atoms with E-state index in [9.17, 15) is 36.6 Å². The van der Waals surface area contributed by atoms with E-state index in [0.717, 1.165) is 18.2 Å². The van der Waals surface area contributed by atoms with E-state index >= 15 is 0 Å². The molecule has 0 bridgehead atoms. The average Bonchev–Trinajstić information content (AvgIpc) is 2.79. The lowest BCUT2D eigenvalue weighted by molar-refractivity contribution is -0.142. The van der Waals surface area contributed by atoms with Gasteiger partial charge in [0.25, 0.3) is 12.3 Å². The Morgan fingerprint density at radius 2 is 1.58 bits per heavy atom. The van der Waals surface area contributed by atoms with E-state index in [0.29, 0.717) is 10.9 Å². The summed E-state index contributed by atoms with van der Waals surface area (Å²) in [5.74, 6) is -2.15. The summed E-state index contributed by atoms with van der Waals surface area (Å²) >= 11 is 0. The second kappa shape index (κ2) is 10.1. The lowest BCUT2D eigenvalue weighted by Crippen LogP contribution is -2.49. The molecular formula is C26H24F5NO4. The van der Waals surface area contributed by atoms with Crippen LogP contribution < -0.4 is 10.1 Å². The fourth-order valence-electron chi connectivity index (χ4n) is 3.58. The zero-order chi connectivity index (χ0) is 26.8. The van der Waals surface area contributed by atoms with Crippen molar-refractivity contribution in [1.82, 2.24) is 5.32 Å². The number of aliphatic carboxylic acids is 1. The van der Waals surface area contributed by atoms with Crippen molar-refractivity contribution in [3.63, 3.8) is 0 Å². The van der Waals surface area contributed by atoms with Gasteiger partial charge >= 0.3 is 12.1 Å². The summed E-state index contributed by atoms with van der Waals surface area (Å²) in [5.41, 5.74) is -1.77. The molecule has 0 aromatic heterocycles. The fraction of sp³-hybridized carbons (Fsp3) is 0.308. The van der Waals surface area contributed by atoms with Crippen LogP contribution in [-0.2, 0) is 17.6 Å². The number of nitrogens with one attached hydrogen (secondary N) is 1. The molecule has 0 aliphatic carbocycles. The molecule has 3 aromatic rings. The number of halogens is 5. The highest BCUT2D eigenvalue weighted by atomic mass is 19.4. The summed E-state index contributed by atoms with van der Waals surface area (Å²) in [4.78, 5) is 24.9. The largest absolute Gasteiger partial charge is 0.487 e. The number of hydrogen-bond acceptors (Lipinski definition) is 3. The maximum Gasteiger partial charge on any atom is 0.416 e. The molecule has 3 rings (SSSR count). The molecule has 0 fully saturated rings. The Morgan fingerprint density at radius 1 is 0.972 bits per heavy atom. The number of carbonyl (C=O) groups is 2. The molecule has 0 radical (unpaired) electrons. The van der Waals surface area contributed by atoms with Crippen LogP contribution in [0.15, 0.2) is 54.6 Å². The standard InChI is InChI=1S/C26H24F5NO4/c1-25(2,3)21(24(34)35)32-23(33)18-11-8-15-6-7-16(22(27)28)12-19(15)20(18)36-13-14-4-9-17(10-5-14)26(29,30)31/h4-12,21-22H,13H2,1-3H3,(H,32,33)(H,34,35)/t21-/m1/s1. The molecule has 0 spiro atoms. The van der Waals surface area contributed by atoms with Crippen LogP contribution in [0.3, 0.4) is 0 Å². The van der Waals surface area contributed by atoms with E-state index in [1.165, 1.54) is 36.4 Å². The van der Waals surface area contributed by atoms with E-state index < -0.39 is 41.5 Å². The molecule has 10 heteroatoms. The first-order chi connectivity index (χ1) is 16.7. The Bertz CT molecular complexity index is 1260. The lowest BCUT2D eigenvalue weighted by Gasteiger charge is -2.28. The number of alkyl halides is 5. The van der Waals surface area contributed by atoms with Crippen molar-refractivity contribution in [2.24, 2.45) is 5.41 Å². The first-order valence-electron chi connectivity index (χ1n) is 10.9. The Morgan fingerprint density at radius 3 is 2.11 bits per heavy atom. The molecule has 3 aromatic carbocycles. The number of carboxylic acids is 1. The highest BCUT2D eigenvalue weighted by Gasteiger charge is 2.34. The molecule has 0 heterocycles. The van der Waals surface area contributed by atoms with Crippen molar-refractivity contribution in [2.45, 2.75) is 46.0 Å². The number of fused-ring (bicyclic) bond motifs is 1. The Hall–Kier alpha value is -3.69. The minimum absolute atomic E-state index is 0.0922. The van der Waals surface area contributed by atoms with E-state index in [2.05, 4.69) is 5.32 Å². The van der Waals surface area contributed by atoms with Crippen molar-refractivity contribution < 1.29 is 41.4 Å². The molecule has 0 saturated carbocycles. The Balaban J connectivity index is 2.03. The fourth-order valence-corrected chi connectivity index (χ4v) is 3.58. The minimum atomic E-state index is -4.51. The summed E-state index contributed by atoms with van der Waals surface area (Å²) in [5, 5.41) is 12.7. The van der Waals surface area contributed by atoms with Crippen LogP contribution >= 0.6 is 0 Å². The third-order valence-corrected chi connectivity index (χ3v) is 5.55. The minimum Gasteiger partial charge on any atom is -0.487 e. The van der Waals surface area contributed by atoms with Gasteiger partial charge in [-0.05, 0) is 40.6 Å². The van der Waals surface area contributed by atoms with Gasteiger partial charge < -0.3 is 15.2 Å². The zero-order valence-corrected chi connectivity index (χ0v) is 19.6. The first-order valence-corrected chi connectivity index (χ1v) is 10.9. The van der Waals surface area contributed by atoms with Gasteiger partial charge in [0, 0.05) is 10.9 Å². The van der Waals surface area contributed by atoms with Gasteiger partial charge in [0.05, 0.1) is 11.1 Å². The molecule has 2 N–H and O–H groups in total. The van der Waals surface area contributed by atoms with Crippen molar-refractivity contribution in [1.29, 1.82) is 0 Å². The molecule has 36 heavy (non-hydrogen) atoms. The highest BCUT2D eigenvalue weighted by Crippen LogP contribution is 2.35. The van der Waals surface area contributed by atoms with Gasteiger partial charge in [-0.15, -0.1) is 0 Å². The molecule has 1 amide bonds. The van der Waals surface area contributed by atoms with E-state index in [1.807, 2.05) is 0 Å². The SMILES string of the molecule is CC(C)(C)[C@H](NC(=O)c1ccc2ccc(C(F)F)cc2c1OCc1ccc(C(F)(F)F)cc1)C(=O)O. The van der Waals surface area contributed by atoms with E-state index in [-0.39, 0.29) is 28.9 Å². The normalized spacial score (nSPS) is 13.0. The van der Waals surface area contributed by atoms with E-state index in [1.54, 1.807) is 20.8 Å². The number of carbonyl (C=O) groups excluding carboxylic acids is 1. The van der Waals surface area contributed by atoms with Gasteiger partial charge in [-0.3, -0.25) is 4.79 Å². The second-order valence-electron chi connectivity index (χ2n) is 9.32. The first kappa shape index (κ1) is 26.9. The topological polar surface area (TPSA) is 75.6 Å². The Kier molecular flexibility index (Phi) is 7.56. The number of hydrogen-bond donors (Lipinski definition) is 2. The highest BCUT2D eigenvalue weighted by molar-refractivity contribution is 6.05. The van der Waals surface area contributed by atoms with Crippen LogP contribution in [-0.4, -0.2) is 23.0 Å². The maximum atomic E-state index is 13.4. The van der Waals surface area contributed by atoms with Crippen LogP contribution in [0.25, 0.3) is 10.8 Å². The van der Waals surface area contributed by atoms with Crippen LogP contribution in [0.4, 0.5) is 22.0 Å².